The third-order valence-corrected chi connectivity index (χ3v) is 2.31. The van der Waals surface area contributed by atoms with Crippen LogP contribution in [0.2, 0.25) is 0 Å². The molecule has 1 aromatic rings. The summed E-state index contributed by atoms with van der Waals surface area (Å²) >= 11 is 0. The standard InChI is InChI=1S/C11H18N2/c1-4-13(10(2)12-3)11-8-6-5-7-9-11/h5-10,12H,4H2,1-3H3. The van der Waals surface area contributed by atoms with Gasteiger partial charge in [0.1, 0.15) is 0 Å². The maximum absolute atomic E-state index is 3.24. The van der Waals surface area contributed by atoms with Crippen molar-refractivity contribution in [1.82, 2.24) is 5.32 Å². The number of anilines is 1. The number of rotatable bonds is 4. The summed E-state index contributed by atoms with van der Waals surface area (Å²) in [5, 5.41) is 3.24. The predicted octanol–water partition coefficient (Wildman–Crippen LogP) is 2.08. The molecule has 0 aliphatic rings. The van der Waals surface area contributed by atoms with Gasteiger partial charge in [-0.15, -0.1) is 0 Å². The predicted molar refractivity (Wildman–Crippen MR) is 58.0 cm³/mol. The van der Waals surface area contributed by atoms with Crippen molar-refractivity contribution in [2.24, 2.45) is 0 Å². The van der Waals surface area contributed by atoms with Crippen LogP contribution >= 0.6 is 0 Å². The molecule has 0 amide bonds. The van der Waals surface area contributed by atoms with Gasteiger partial charge >= 0.3 is 0 Å². The van der Waals surface area contributed by atoms with Crippen LogP contribution in [0.4, 0.5) is 5.69 Å². The molecule has 1 rings (SSSR count). The zero-order valence-corrected chi connectivity index (χ0v) is 8.62. The summed E-state index contributed by atoms with van der Waals surface area (Å²) in [5.41, 5.74) is 1.27. The highest BCUT2D eigenvalue weighted by atomic mass is 15.3. The van der Waals surface area contributed by atoms with Crippen LogP contribution in [0.25, 0.3) is 0 Å². The van der Waals surface area contributed by atoms with Gasteiger partial charge in [0.05, 0.1) is 6.17 Å². The number of nitrogens with zero attached hydrogens (tertiary/aromatic N) is 1. The number of benzene rings is 1. The van der Waals surface area contributed by atoms with Crippen LogP contribution in [0.3, 0.4) is 0 Å². The summed E-state index contributed by atoms with van der Waals surface area (Å²) < 4.78 is 0. The largest absolute Gasteiger partial charge is 0.357 e. The molecule has 13 heavy (non-hydrogen) atoms. The summed E-state index contributed by atoms with van der Waals surface area (Å²) in [6.45, 7) is 5.35. The average molecular weight is 178 g/mol. The molecule has 0 aliphatic heterocycles. The van der Waals surface area contributed by atoms with Crippen LogP contribution in [0.15, 0.2) is 30.3 Å². The topological polar surface area (TPSA) is 15.3 Å². The first kappa shape index (κ1) is 10.1. The van der Waals surface area contributed by atoms with Gasteiger partial charge in [-0.2, -0.15) is 0 Å². The van der Waals surface area contributed by atoms with Crippen molar-refractivity contribution in [3.8, 4) is 0 Å². The Kier molecular flexibility index (Phi) is 3.77. The second kappa shape index (κ2) is 4.87. The number of hydrogen-bond donors (Lipinski definition) is 1. The van der Waals surface area contributed by atoms with E-state index in [4.69, 9.17) is 0 Å². The zero-order chi connectivity index (χ0) is 9.68. The van der Waals surface area contributed by atoms with Crippen LogP contribution in [0.5, 0.6) is 0 Å². The first-order valence-corrected chi connectivity index (χ1v) is 4.78. The molecule has 1 atom stereocenters. The Morgan fingerprint density at radius 2 is 1.92 bits per heavy atom. The third kappa shape index (κ3) is 2.46. The molecule has 1 unspecified atom stereocenters. The minimum absolute atomic E-state index is 0.382. The Balaban J connectivity index is 2.78. The van der Waals surface area contributed by atoms with Crippen molar-refractivity contribution >= 4 is 5.69 Å². The van der Waals surface area contributed by atoms with Crippen molar-refractivity contribution in [1.29, 1.82) is 0 Å². The normalized spacial score (nSPS) is 12.5. The van der Waals surface area contributed by atoms with E-state index in [0.29, 0.717) is 6.17 Å². The van der Waals surface area contributed by atoms with Gasteiger partial charge in [-0.05, 0) is 33.0 Å². The second-order valence-corrected chi connectivity index (χ2v) is 3.09. The van der Waals surface area contributed by atoms with Gasteiger partial charge in [-0.25, -0.2) is 0 Å². The highest BCUT2D eigenvalue weighted by molar-refractivity contribution is 5.46. The maximum Gasteiger partial charge on any atom is 0.0764 e. The maximum atomic E-state index is 3.24. The molecule has 0 aromatic heterocycles. The van der Waals surface area contributed by atoms with Gasteiger partial charge in [-0.3, -0.25) is 0 Å². The SMILES string of the molecule is CCN(c1ccccc1)C(C)NC. The molecule has 0 radical (unpaired) electrons. The zero-order valence-electron chi connectivity index (χ0n) is 8.62. The van der Waals surface area contributed by atoms with E-state index in [2.05, 4.69) is 48.3 Å². The van der Waals surface area contributed by atoms with E-state index >= 15 is 0 Å². The van der Waals surface area contributed by atoms with E-state index in [1.54, 1.807) is 0 Å². The fraction of sp³-hybridized carbons (Fsp3) is 0.455. The van der Waals surface area contributed by atoms with Crippen molar-refractivity contribution < 1.29 is 0 Å². The molecule has 0 fully saturated rings. The first-order valence-electron chi connectivity index (χ1n) is 4.78. The number of para-hydroxylation sites is 1. The summed E-state index contributed by atoms with van der Waals surface area (Å²) in [7, 11) is 1.98. The number of nitrogens with one attached hydrogen (secondary N) is 1. The van der Waals surface area contributed by atoms with Gasteiger partial charge in [0.15, 0.2) is 0 Å². The van der Waals surface area contributed by atoms with E-state index < -0.39 is 0 Å². The molecule has 0 spiro atoms. The quantitative estimate of drug-likeness (QED) is 0.710. The van der Waals surface area contributed by atoms with Crippen molar-refractivity contribution in [2.45, 2.75) is 20.0 Å². The van der Waals surface area contributed by atoms with E-state index in [0.717, 1.165) is 6.54 Å². The first-order chi connectivity index (χ1) is 6.29. The average Bonchev–Trinajstić information content (AvgIpc) is 2.20. The Bertz CT molecular complexity index is 233. The van der Waals surface area contributed by atoms with E-state index in [9.17, 15) is 0 Å². The van der Waals surface area contributed by atoms with Gasteiger partial charge in [0.2, 0.25) is 0 Å². The van der Waals surface area contributed by atoms with Crippen LogP contribution in [-0.4, -0.2) is 19.8 Å². The fourth-order valence-corrected chi connectivity index (χ4v) is 1.46. The van der Waals surface area contributed by atoms with E-state index in [1.807, 2.05) is 13.1 Å². The molecule has 0 saturated carbocycles. The lowest BCUT2D eigenvalue weighted by molar-refractivity contribution is 0.573. The fourth-order valence-electron chi connectivity index (χ4n) is 1.46. The second-order valence-electron chi connectivity index (χ2n) is 3.09. The summed E-state index contributed by atoms with van der Waals surface area (Å²) in [4.78, 5) is 2.32. The van der Waals surface area contributed by atoms with Gasteiger partial charge < -0.3 is 10.2 Å². The molecule has 2 heteroatoms. The number of hydrogen-bond acceptors (Lipinski definition) is 2. The molecule has 2 nitrogen and oxygen atoms in total. The molecule has 0 bridgehead atoms. The van der Waals surface area contributed by atoms with Crippen LogP contribution in [0, 0.1) is 0 Å². The highest BCUT2D eigenvalue weighted by Crippen LogP contribution is 2.14. The highest BCUT2D eigenvalue weighted by Gasteiger charge is 2.08. The molecule has 0 heterocycles. The smallest absolute Gasteiger partial charge is 0.0764 e. The Morgan fingerprint density at radius 3 is 2.38 bits per heavy atom. The Hall–Kier alpha value is -1.02. The lowest BCUT2D eigenvalue weighted by atomic mass is 10.2. The lowest BCUT2D eigenvalue weighted by Gasteiger charge is -2.29. The van der Waals surface area contributed by atoms with Crippen molar-refractivity contribution in [3.63, 3.8) is 0 Å². The molecule has 1 N–H and O–H groups in total. The van der Waals surface area contributed by atoms with Gasteiger partial charge in [-0.1, -0.05) is 18.2 Å². The van der Waals surface area contributed by atoms with Crippen molar-refractivity contribution in [2.75, 3.05) is 18.5 Å². The minimum Gasteiger partial charge on any atom is -0.357 e. The van der Waals surface area contributed by atoms with Crippen LogP contribution in [0.1, 0.15) is 13.8 Å². The molecule has 1 aromatic carbocycles. The lowest BCUT2D eigenvalue weighted by Crippen LogP contribution is -2.41. The Labute approximate surface area is 80.6 Å². The molecule has 0 saturated heterocycles. The Morgan fingerprint density at radius 1 is 1.31 bits per heavy atom. The van der Waals surface area contributed by atoms with E-state index in [1.165, 1.54) is 5.69 Å². The summed E-state index contributed by atoms with van der Waals surface area (Å²) in [6, 6.07) is 10.5. The van der Waals surface area contributed by atoms with Crippen molar-refractivity contribution in [3.05, 3.63) is 30.3 Å². The summed E-state index contributed by atoms with van der Waals surface area (Å²) in [6.07, 6.45) is 0.382. The van der Waals surface area contributed by atoms with Gasteiger partial charge in [0, 0.05) is 12.2 Å². The molecule has 72 valence electrons. The minimum atomic E-state index is 0.382. The van der Waals surface area contributed by atoms with E-state index in [-0.39, 0.29) is 0 Å². The van der Waals surface area contributed by atoms with Crippen LogP contribution in [-0.2, 0) is 0 Å². The molecular formula is C11H18N2. The van der Waals surface area contributed by atoms with Crippen LogP contribution < -0.4 is 10.2 Å². The third-order valence-electron chi connectivity index (χ3n) is 2.31. The summed E-state index contributed by atoms with van der Waals surface area (Å²) in [5.74, 6) is 0. The molecular weight excluding hydrogens is 160 g/mol. The monoisotopic (exact) mass is 178 g/mol. The van der Waals surface area contributed by atoms with Gasteiger partial charge in [0.25, 0.3) is 0 Å². The molecule has 0 aliphatic carbocycles.